The predicted octanol–water partition coefficient (Wildman–Crippen LogP) is 9.88. The van der Waals surface area contributed by atoms with Gasteiger partial charge in [-0.1, -0.05) is 118 Å². The monoisotopic (exact) mass is 609 g/mol. The van der Waals surface area contributed by atoms with E-state index < -0.39 is 0 Å². The first-order chi connectivity index (χ1) is 19.3. The Kier molecular flexibility index (Phi) is 9.24. The Morgan fingerprint density at radius 2 is 1.27 bits per heavy atom. The van der Waals surface area contributed by atoms with Gasteiger partial charge in [-0.2, -0.15) is 0 Å². The van der Waals surface area contributed by atoms with Crippen LogP contribution in [0.25, 0.3) is 4.48 Å². The van der Waals surface area contributed by atoms with Crippen molar-refractivity contribution < 1.29 is 14.3 Å². The van der Waals surface area contributed by atoms with Crippen molar-refractivity contribution in [2.75, 3.05) is 7.11 Å². The smallest absolute Gasteiger partial charge is 0.343 e. The second-order valence-corrected chi connectivity index (χ2v) is 13.1. The zero-order chi connectivity index (χ0) is 29.8. The molecule has 1 unspecified atom stereocenters. The van der Waals surface area contributed by atoms with Gasteiger partial charge in [0.25, 0.3) is 0 Å². The Morgan fingerprint density at radius 3 is 1.78 bits per heavy atom. The average molecular weight is 611 g/mol. The van der Waals surface area contributed by atoms with Crippen LogP contribution in [0.3, 0.4) is 0 Å². The van der Waals surface area contributed by atoms with E-state index in [0.717, 1.165) is 21.4 Å². The summed E-state index contributed by atoms with van der Waals surface area (Å²) in [6.45, 7) is 13.4. The topological polar surface area (TPSA) is 35.5 Å². The van der Waals surface area contributed by atoms with Gasteiger partial charge in [0.2, 0.25) is 0 Å². The fourth-order valence-corrected chi connectivity index (χ4v) is 4.97. The van der Waals surface area contributed by atoms with E-state index in [9.17, 15) is 4.79 Å². The Balaban J connectivity index is 1.79. The second-order valence-electron chi connectivity index (χ2n) is 12.3. The van der Waals surface area contributed by atoms with Crippen molar-refractivity contribution in [2.45, 2.75) is 58.3 Å². The zero-order valence-electron chi connectivity index (χ0n) is 24.9. The fourth-order valence-electron chi connectivity index (χ4n) is 4.44. The minimum Gasteiger partial charge on any atom is -0.497 e. The summed E-state index contributed by atoms with van der Waals surface area (Å²) in [4.78, 5) is 12.6. The standard InChI is InChI=1S/C37H38BrO3/c1-36(2,3)29-21-28(22-30(23-29)37(4,5)6)33(24-34(38)26-15-17-31(40-7)18-16-26)25-13-19-32(20-14-25)41-35(39)27-11-9-8-10-12-27/h8-22,24,33H,1-7H3. The molecule has 4 aromatic rings. The fraction of sp³-hybridized carbons (Fsp3) is 0.270. The number of hydrogen-bond acceptors (Lipinski definition) is 3. The SMILES string of the molecule is COc1ccc(C(Br)=CC(c2ccc(OC(=O)c3ccccc3)cc2)c2cc(C(C)(C)C)[c]c(C(C)(C)C)c2)cc1. The van der Waals surface area contributed by atoms with Crippen LogP contribution in [0.5, 0.6) is 11.5 Å². The van der Waals surface area contributed by atoms with Crippen LogP contribution in [-0.4, -0.2) is 13.1 Å². The van der Waals surface area contributed by atoms with Crippen molar-refractivity contribution in [3.8, 4) is 11.5 Å². The van der Waals surface area contributed by atoms with Crippen LogP contribution in [0.15, 0.2) is 97.1 Å². The maximum atomic E-state index is 12.6. The van der Waals surface area contributed by atoms with Gasteiger partial charge in [0.05, 0.1) is 12.7 Å². The van der Waals surface area contributed by atoms with Crippen LogP contribution in [0.2, 0.25) is 0 Å². The van der Waals surface area contributed by atoms with E-state index in [0.29, 0.717) is 11.3 Å². The first-order valence-corrected chi connectivity index (χ1v) is 14.6. The van der Waals surface area contributed by atoms with Crippen LogP contribution in [0.1, 0.15) is 85.6 Å². The number of esters is 1. The third-order valence-electron chi connectivity index (χ3n) is 7.00. The molecule has 1 radical (unpaired) electrons. The van der Waals surface area contributed by atoms with E-state index in [1.165, 1.54) is 16.7 Å². The molecule has 0 aromatic heterocycles. The van der Waals surface area contributed by atoms with Crippen molar-refractivity contribution in [2.24, 2.45) is 0 Å². The lowest BCUT2D eigenvalue weighted by Crippen LogP contribution is -2.18. The Morgan fingerprint density at radius 1 is 0.732 bits per heavy atom. The molecule has 4 rings (SSSR count). The first-order valence-electron chi connectivity index (χ1n) is 13.8. The van der Waals surface area contributed by atoms with Crippen molar-refractivity contribution in [3.63, 3.8) is 0 Å². The van der Waals surface area contributed by atoms with Gasteiger partial charge in [-0.25, -0.2) is 4.79 Å². The van der Waals surface area contributed by atoms with E-state index in [1.54, 1.807) is 19.2 Å². The largest absolute Gasteiger partial charge is 0.497 e. The van der Waals surface area contributed by atoms with Crippen LogP contribution < -0.4 is 9.47 Å². The van der Waals surface area contributed by atoms with Crippen LogP contribution in [-0.2, 0) is 10.8 Å². The highest BCUT2D eigenvalue weighted by molar-refractivity contribution is 9.15. The van der Waals surface area contributed by atoms with Gasteiger partial charge in [-0.3, -0.25) is 0 Å². The summed E-state index contributed by atoms with van der Waals surface area (Å²) < 4.78 is 12.0. The Bertz CT molecular complexity index is 1470. The summed E-state index contributed by atoms with van der Waals surface area (Å²) in [6.07, 6.45) is 2.24. The van der Waals surface area contributed by atoms with Crippen LogP contribution >= 0.6 is 15.9 Å². The number of ether oxygens (including phenoxy) is 2. The van der Waals surface area contributed by atoms with Crippen molar-refractivity contribution >= 4 is 26.4 Å². The van der Waals surface area contributed by atoms with E-state index in [1.807, 2.05) is 66.7 Å². The molecule has 0 aliphatic rings. The van der Waals surface area contributed by atoms with Gasteiger partial charge in [0.15, 0.2) is 0 Å². The van der Waals surface area contributed by atoms with Crippen molar-refractivity contribution in [3.05, 3.63) is 137 Å². The molecular weight excluding hydrogens is 572 g/mol. The van der Waals surface area contributed by atoms with Crippen LogP contribution in [0, 0.1) is 6.07 Å². The molecule has 0 aliphatic carbocycles. The van der Waals surface area contributed by atoms with Gasteiger partial charge < -0.3 is 9.47 Å². The minimum absolute atomic E-state index is 0.0625. The third-order valence-corrected chi connectivity index (χ3v) is 7.73. The first kappa shape index (κ1) is 30.3. The number of allylic oxidation sites excluding steroid dienone is 1. The van der Waals surface area contributed by atoms with Crippen molar-refractivity contribution in [1.29, 1.82) is 0 Å². The molecule has 211 valence electrons. The number of hydrogen-bond donors (Lipinski definition) is 0. The molecule has 41 heavy (non-hydrogen) atoms. The molecule has 0 aliphatic heterocycles. The summed E-state index contributed by atoms with van der Waals surface area (Å²) in [6, 6.07) is 33.1. The van der Waals surface area contributed by atoms with E-state index in [4.69, 9.17) is 9.47 Å². The zero-order valence-corrected chi connectivity index (χ0v) is 26.5. The molecule has 0 saturated carbocycles. The number of rotatable bonds is 7. The summed E-state index contributed by atoms with van der Waals surface area (Å²) >= 11 is 3.86. The van der Waals surface area contributed by atoms with Gasteiger partial charge in [-0.15, -0.1) is 0 Å². The maximum absolute atomic E-state index is 12.6. The lowest BCUT2D eigenvalue weighted by atomic mass is 9.77. The molecule has 0 heterocycles. The number of carbonyl (C=O) groups is 1. The summed E-state index contributed by atoms with van der Waals surface area (Å²) in [5, 5.41) is 0. The van der Waals surface area contributed by atoms with E-state index in [2.05, 4.69) is 81.7 Å². The average Bonchev–Trinajstić information content (AvgIpc) is 2.95. The van der Waals surface area contributed by atoms with Gasteiger partial charge >= 0.3 is 5.97 Å². The Hall–Kier alpha value is -3.63. The van der Waals surface area contributed by atoms with Gasteiger partial charge in [-0.05, 0) is 81.1 Å². The third kappa shape index (κ3) is 7.77. The highest BCUT2D eigenvalue weighted by Crippen LogP contribution is 2.38. The summed E-state index contributed by atoms with van der Waals surface area (Å²) in [5.74, 6) is 0.878. The molecule has 4 aromatic carbocycles. The van der Waals surface area contributed by atoms with Crippen molar-refractivity contribution in [1.82, 2.24) is 0 Å². The number of methoxy groups -OCH3 is 1. The highest BCUT2D eigenvalue weighted by Gasteiger charge is 2.24. The normalized spacial score (nSPS) is 13.0. The molecule has 0 N–H and O–H groups in total. The number of halogens is 1. The molecule has 3 nitrogen and oxygen atoms in total. The maximum Gasteiger partial charge on any atom is 0.343 e. The van der Waals surface area contributed by atoms with E-state index in [-0.39, 0.29) is 22.7 Å². The number of benzene rings is 4. The molecule has 0 amide bonds. The van der Waals surface area contributed by atoms with Gasteiger partial charge in [0.1, 0.15) is 11.5 Å². The minimum atomic E-state index is -0.375. The molecule has 0 fully saturated rings. The molecule has 0 saturated heterocycles. The molecular formula is C37H38BrO3. The van der Waals surface area contributed by atoms with Gasteiger partial charge in [0, 0.05) is 10.4 Å². The molecule has 4 heteroatoms. The lowest BCUT2D eigenvalue weighted by Gasteiger charge is -2.27. The quantitative estimate of drug-likeness (QED) is 0.154. The molecule has 1 atom stereocenters. The highest BCUT2D eigenvalue weighted by atomic mass is 79.9. The molecule has 0 spiro atoms. The molecule has 0 bridgehead atoms. The summed E-state index contributed by atoms with van der Waals surface area (Å²) in [5.41, 5.74) is 6.06. The lowest BCUT2D eigenvalue weighted by molar-refractivity contribution is 0.0734. The summed E-state index contributed by atoms with van der Waals surface area (Å²) in [7, 11) is 1.67. The van der Waals surface area contributed by atoms with E-state index >= 15 is 0 Å². The second kappa shape index (κ2) is 12.5. The van der Waals surface area contributed by atoms with Crippen LogP contribution in [0.4, 0.5) is 0 Å². The predicted molar refractivity (Wildman–Crippen MR) is 172 cm³/mol. The number of carbonyl (C=O) groups excluding carboxylic acids is 1. The Labute approximate surface area is 253 Å².